The zero-order valence-corrected chi connectivity index (χ0v) is 12.3. The molecule has 3 N–H and O–H groups in total. The molecule has 0 radical (unpaired) electrons. The molecule has 16 heavy (non-hydrogen) atoms. The molecule has 86 valence electrons. The first kappa shape index (κ1) is 13.4. The standard InChI is InChI=1S/C9H9Br2N3OS/c1-15-8-2-5(4-13-14-9(12)16)6(10)3-7(8)11/h2-4H,1H3,(H3,12,14,16). The molecule has 0 aliphatic heterocycles. The number of thiocarbonyl (C=S) groups is 1. The van der Waals surface area contributed by atoms with Gasteiger partial charge < -0.3 is 10.5 Å². The lowest BCUT2D eigenvalue weighted by molar-refractivity contribution is 0.412. The van der Waals surface area contributed by atoms with Crippen molar-refractivity contribution in [3.8, 4) is 5.75 Å². The third-order valence-electron chi connectivity index (χ3n) is 1.65. The lowest BCUT2D eigenvalue weighted by Gasteiger charge is -2.06. The second kappa shape index (κ2) is 6.17. The van der Waals surface area contributed by atoms with E-state index in [9.17, 15) is 0 Å². The van der Waals surface area contributed by atoms with Gasteiger partial charge in [-0.25, -0.2) is 0 Å². The molecule has 0 spiro atoms. The molecule has 1 rings (SSSR count). The Kier molecular flexibility index (Phi) is 5.17. The second-order valence-electron chi connectivity index (χ2n) is 2.74. The fourth-order valence-electron chi connectivity index (χ4n) is 0.966. The summed E-state index contributed by atoms with van der Waals surface area (Å²) in [7, 11) is 1.60. The Morgan fingerprint density at radius 2 is 2.19 bits per heavy atom. The highest BCUT2D eigenvalue weighted by Crippen LogP contribution is 2.30. The third kappa shape index (κ3) is 3.73. The Hall–Kier alpha value is -0.660. The lowest BCUT2D eigenvalue weighted by atomic mass is 10.2. The van der Waals surface area contributed by atoms with Gasteiger partial charge in [-0.3, -0.25) is 5.43 Å². The summed E-state index contributed by atoms with van der Waals surface area (Å²) in [5.41, 5.74) is 8.57. The van der Waals surface area contributed by atoms with E-state index in [1.165, 1.54) is 0 Å². The predicted molar refractivity (Wildman–Crippen MR) is 75.9 cm³/mol. The zero-order valence-electron chi connectivity index (χ0n) is 8.33. The molecular formula is C9H9Br2N3OS. The Morgan fingerprint density at radius 1 is 1.50 bits per heavy atom. The van der Waals surface area contributed by atoms with E-state index in [2.05, 4.69) is 54.6 Å². The van der Waals surface area contributed by atoms with Gasteiger partial charge in [0.25, 0.3) is 0 Å². The molecular weight excluding hydrogens is 358 g/mol. The molecule has 0 amide bonds. The number of methoxy groups -OCH3 is 1. The summed E-state index contributed by atoms with van der Waals surface area (Å²) in [6.45, 7) is 0. The maximum Gasteiger partial charge on any atom is 0.184 e. The van der Waals surface area contributed by atoms with E-state index in [0.29, 0.717) is 0 Å². The van der Waals surface area contributed by atoms with Crippen molar-refractivity contribution in [1.29, 1.82) is 0 Å². The molecule has 0 saturated carbocycles. The van der Waals surface area contributed by atoms with Gasteiger partial charge in [0.15, 0.2) is 5.11 Å². The van der Waals surface area contributed by atoms with Crippen LogP contribution in [0.4, 0.5) is 0 Å². The van der Waals surface area contributed by atoms with Gasteiger partial charge in [0.2, 0.25) is 0 Å². The number of ether oxygens (including phenoxy) is 1. The Labute approximate surface area is 115 Å². The monoisotopic (exact) mass is 365 g/mol. The smallest absolute Gasteiger partial charge is 0.184 e. The third-order valence-corrected chi connectivity index (χ3v) is 3.05. The van der Waals surface area contributed by atoms with Crippen LogP contribution in [0.15, 0.2) is 26.2 Å². The quantitative estimate of drug-likeness (QED) is 0.490. The SMILES string of the molecule is COc1cc(C=NNC(N)=S)c(Br)cc1Br. The molecule has 0 aliphatic rings. The summed E-state index contributed by atoms with van der Waals surface area (Å²) in [4.78, 5) is 0. The van der Waals surface area contributed by atoms with Gasteiger partial charge in [-0.2, -0.15) is 5.10 Å². The van der Waals surface area contributed by atoms with Crippen LogP contribution in [0.2, 0.25) is 0 Å². The highest BCUT2D eigenvalue weighted by Gasteiger charge is 2.05. The normalized spacial score (nSPS) is 10.4. The number of nitrogens with one attached hydrogen (secondary N) is 1. The van der Waals surface area contributed by atoms with Crippen molar-refractivity contribution in [2.45, 2.75) is 0 Å². The topological polar surface area (TPSA) is 59.6 Å². The van der Waals surface area contributed by atoms with Crippen LogP contribution in [0.5, 0.6) is 5.75 Å². The average Bonchev–Trinajstić information content (AvgIpc) is 2.20. The zero-order chi connectivity index (χ0) is 12.1. The first-order valence-corrected chi connectivity index (χ1v) is 6.15. The molecule has 0 aliphatic carbocycles. The van der Waals surface area contributed by atoms with Gasteiger partial charge in [-0.1, -0.05) is 15.9 Å². The average molecular weight is 367 g/mol. The summed E-state index contributed by atoms with van der Waals surface area (Å²) in [5.74, 6) is 0.722. The fraction of sp³-hybridized carbons (Fsp3) is 0.111. The van der Waals surface area contributed by atoms with Gasteiger partial charge in [0.1, 0.15) is 5.75 Å². The molecule has 7 heteroatoms. The van der Waals surface area contributed by atoms with E-state index >= 15 is 0 Å². The summed E-state index contributed by atoms with van der Waals surface area (Å²) < 4.78 is 6.91. The largest absolute Gasteiger partial charge is 0.496 e. The molecule has 1 aromatic rings. The Balaban J connectivity index is 2.95. The molecule has 4 nitrogen and oxygen atoms in total. The van der Waals surface area contributed by atoms with Crippen LogP contribution in [0, 0.1) is 0 Å². The van der Waals surface area contributed by atoms with Crippen molar-refractivity contribution in [3.05, 3.63) is 26.6 Å². The minimum absolute atomic E-state index is 0.122. The van der Waals surface area contributed by atoms with Crippen molar-refractivity contribution >= 4 is 55.4 Å². The molecule has 0 aromatic heterocycles. The van der Waals surface area contributed by atoms with E-state index < -0.39 is 0 Å². The summed E-state index contributed by atoms with van der Waals surface area (Å²) in [6.07, 6.45) is 1.60. The van der Waals surface area contributed by atoms with Gasteiger partial charge >= 0.3 is 0 Å². The van der Waals surface area contributed by atoms with Crippen LogP contribution in [-0.2, 0) is 0 Å². The van der Waals surface area contributed by atoms with Crippen molar-refractivity contribution in [2.24, 2.45) is 10.8 Å². The van der Waals surface area contributed by atoms with Crippen molar-refractivity contribution < 1.29 is 4.74 Å². The molecule has 0 bridgehead atoms. The van der Waals surface area contributed by atoms with E-state index in [4.69, 9.17) is 10.5 Å². The van der Waals surface area contributed by atoms with Gasteiger partial charge in [-0.05, 0) is 40.3 Å². The number of nitrogens with two attached hydrogens (primary N) is 1. The van der Waals surface area contributed by atoms with E-state index in [-0.39, 0.29) is 5.11 Å². The van der Waals surface area contributed by atoms with E-state index in [0.717, 1.165) is 20.3 Å². The van der Waals surface area contributed by atoms with Gasteiger partial charge in [0, 0.05) is 10.0 Å². The first-order valence-electron chi connectivity index (χ1n) is 4.16. The number of hydrogen-bond acceptors (Lipinski definition) is 3. The van der Waals surface area contributed by atoms with Gasteiger partial charge in [-0.15, -0.1) is 0 Å². The maximum atomic E-state index is 5.24. The number of hydrazone groups is 1. The first-order chi connectivity index (χ1) is 7.54. The minimum Gasteiger partial charge on any atom is -0.496 e. The molecule has 0 fully saturated rings. The van der Waals surface area contributed by atoms with Crippen molar-refractivity contribution in [1.82, 2.24) is 5.43 Å². The van der Waals surface area contributed by atoms with Crippen LogP contribution < -0.4 is 15.9 Å². The predicted octanol–water partition coefficient (Wildman–Crippen LogP) is 2.39. The summed E-state index contributed by atoms with van der Waals surface area (Å²) in [5, 5.41) is 3.99. The molecule has 0 saturated heterocycles. The van der Waals surface area contributed by atoms with Crippen LogP contribution in [0.25, 0.3) is 0 Å². The second-order valence-corrected chi connectivity index (χ2v) is 4.89. The van der Waals surface area contributed by atoms with Crippen LogP contribution >= 0.6 is 44.1 Å². The van der Waals surface area contributed by atoms with Crippen molar-refractivity contribution in [3.63, 3.8) is 0 Å². The van der Waals surface area contributed by atoms with Gasteiger partial charge in [0.05, 0.1) is 17.8 Å². The summed E-state index contributed by atoms with van der Waals surface area (Å²) >= 11 is 11.4. The molecule has 0 atom stereocenters. The van der Waals surface area contributed by atoms with Crippen LogP contribution in [-0.4, -0.2) is 18.4 Å². The van der Waals surface area contributed by atoms with E-state index in [1.54, 1.807) is 13.3 Å². The molecule has 0 heterocycles. The number of rotatable bonds is 3. The van der Waals surface area contributed by atoms with E-state index in [1.807, 2.05) is 12.1 Å². The fourth-order valence-corrected chi connectivity index (χ4v) is 2.28. The van der Waals surface area contributed by atoms with Crippen LogP contribution in [0.3, 0.4) is 0 Å². The van der Waals surface area contributed by atoms with Crippen molar-refractivity contribution in [2.75, 3.05) is 7.11 Å². The summed E-state index contributed by atoms with van der Waals surface area (Å²) in [6, 6.07) is 3.71. The highest BCUT2D eigenvalue weighted by atomic mass is 79.9. The minimum atomic E-state index is 0.122. The maximum absolute atomic E-state index is 5.24. The number of benzene rings is 1. The number of halogens is 2. The number of nitrogens with zero attached hydrogens (tertiary/aromatic N) is 1. The number of hydrogen-bond donors (Lipinski definition) is 2. The molecule has 1 aromatic carbocycles. The Morgan fingerprint density at radius 3 is 2.75 bits per heavy atom. The Bertz CT molecular complexity index is 437. The highest BCUT2D eigenvalue weighted by molar-refractivity contribution is 9.11. The molecule has 0 unspecified atom stereocenters. The lowest BCUT2D eigenvalue weighted by Crippen LogP contribution is -2.24. The van der Waals surface area contributed by atoms with Crippen LogP contribution in [0.1, 0.15) is 5.56 Å².